The minimum absolute atomic E-state index is 0.152. The molecule has 0 saturated heterocycles. The van der Waals surface area contributed by atoms with Gasteiger partial charge in [0.2, 0.25) is 5.91 Å². The third kappa shape index (κ3) is 2.49. The maximum absolute atomic E-state index is 12.4. The first-order chi connectivity index (χ1) is 11.1. The molecule has 5 heteroatoms. The number of anilines is 2. The molecule has 4 nitrogen and oxygen atoms in total. The Morgan fingerprint density at radius 2 is 2.00 bits per heavy atom. The zero-order valence-corrected chi connectivity index (χ0v) is 13.2. The van der Waals surface area contributed by atoms with Gasteiger partial charge in [-0.05, 0) is 54.3 Å². The molecule has 0 saturated carbocycles. The Morgan fingerprint density at radius 1 is 1.17 bits per heavy atom. The summed E-state index contributed by atoms with van der Waals surface area (Å²) in [5.74, 6) is -0.0455. The second kappa shape index (κ2) is 5.39. The van der Waals surface area contributed by atoms with Gasteiger partial charge in [-0.25, -0.2) is 0 Å². The summed E-state index contributed by atoms with van der Waals surface area (Å²) in [5, 5.41) is 3.45. The van der Waals surface area contributed by atoms with Crippen molar-refractivity contribution >= 4 is 34.8 Å². The molecule has 2 heterocycles. The lowest BCUT2D eigenvalue weighted by molar-refractivity contribution is -0.117. The van der Waals surface area contributed by atoms with E-state index < -0.39 is 0 Å². The van der Waals surface area contributed by atoms with Crippen molar-refractivity contribution < 1.29 is 9.59 Å². The van der Waals surface area contributed by atoms with Gasteiger partial charge in [-0.1, -0.05) is 17.7 Å². The Hall–Kier alpha value is -2.33. The molecule has 0 radical (unpaired) electrons. The lowest BCUT2D eigenvalue weighted by Gasteiger charge is -2.26. The van der Waals surface area contributed by atoms with Crippen LogP contribution in [0.15, 0.2) is 36.4 Å². The average molecular weight is 327 g/mol. The number of nitrogens with one attached hydrogen (secondary N) is 1. The molecule has 2 aromatic carbocycles. The smallest absolute Gasteiger partial charge is 0.255 e. The van der Waals surface area contributed by atoms with E-state index in [4.69, 9.17) is 11.6 Å². The number of carbonyl (C=O) groups is 2. The summed E-state index contributed by atoms with van der Waals surface area (Å²) in [6.45, 7) is 0.799. The van der Waals surface area contributed by atoms with Gasteiger partial charge in [0, 0.05) is 22.8 Å². The van der Waals surface area contributed by atoms with Crippen LogP contribution in [-0.4, -0.2) is 18.4 Å². The summed E-state index contributed by atoms with van der Waals surface area (Å²) >= 11 is 5.93. The molecular weight excluding hydrogens is 312 g/mol. The van der Waals surface area contributed by atoms with Gasteiger partial charge >= 0.3 is 0 Å². The summed E-state index contributed by atoms with van der Waals surface area (Å²) in [7, 11) is 0. The van der Waals surface area contributed by atoms with Gasteiger partial charge in [0.15, 0.2) is 0 Å². The molecule has 23 heavy (non-hydrogen) atoms. The van der Waals surface area contributed by atoms with Gasteiger partial charge in [-0.2, -0.15) is 0 Å². The minimum Gasteiger partial charge on any atom is -0.322 e. The van der Waals surface area contributed by atoms with Crippen LogP contribution in [0, 0.1) is 0 Å². The van der Waals surface area contributed by atoms with Crippen LogP contribution >= 0.6 is 11.6 Å². The van der Waals surface area contributed by atoms with Gasteiger partial charge in [0.1, 0.15) is 0 Å². The van der Waals surface area contributed by atoms with Gasteiger partial charge in [-0.3, -0.25) is 9.59 Å². The first kappa shape index (κ1) is 14.3. The molecule has 0 aromatic heterocycles. The Bertz CT molecular complexity index is 832. The largest absolute Gasteiger partial charge is 0.322 e. The van der Waals surface area contributed by atoms with Crippen LogP contribution in [0.2, 0.25) is 5.02 Å². The highest BCUT2D eigenvalue weighted by molar-refractivity contribution is 6.31. The fraction of sp³-hybridized carbons (Fsp3) is 0.222. The molecular formula is C18H15ClN2O2. The molecule has 0 fully saturated rings. The van der Waals surface area contributed by atoms with E-state index in [-0.39, 0.29) is 11.8 Å². The third-order valence-corrected chi connectivity index (χ3v) is 4.59. The van der Waals surface area contributed by atoms with Crippen molar-refractivity contribution in [3.63, 3.8) is 0 Å². The normalized spacial score (nSPS) is 15.5. The Kier molecular flexibility index (Phi) is 3.34. The van der Waals surface area contributed by atoms with E-state index in [0.29, 0.717) is 17.0 Å². The molecule has 2 amide bonds. The van der Waals surface area contributed by atoms with Crippen molar-refractivity contribution in [3.05, 3.63) is 58.1 Å². The molecule has 0 atom stereocenters. The summed E-state index contributed by atoms with van der Waals surface area (Å²) in [4.78, 5) is 26.3. The SMILES string of the molecule is O=C(Nc1cc2c3c(c1)CC(=O)N3CCC2)c1cccc(Cl)c1. The second-order valence-corrected chi connectivity index (χ2v) is 6.37. The zero-order chi connectivity index (χ0) is 16.0. The van der Waals surface area contributed by atoms with Crippen LogP contribution in [0.3, 0.4) is 0 Å². The van der Waals surface area contributed by atoms with Crippen LogP contribution in [0.4, 0.5) is 11.4 Å². The quantitative estimate of drug-likeness (QED) is 0.919. The van der Waals surface area contributed by atoms with Crippen molar-refractivity contribution in [1.82, 2.24) is 0 Å². The lowest BCUT2D eigenvalue weighted by Crippen LogP contribution is -2.31. The maximum atomic E-state index is 12.4. The molecule has 0 aliphatic carbocycles. The van der Waals surface area contributed by atoms with E-state index in [9.17, 15) is 9.59 Å². The van der Waals surface area contributed by atoms with Crippen molar-refractivity contribution in [3.8, 4) is 0 Å². The molecule has 0 spiro atoms. The van der Waals surface area contributed by atoms with Crippen LogP contribution in [0.5, 0.6) is 0 Å². The van der Waals surface area contributed by atoms with E-state index >= 15 is 0 Å². The van der Waals surface area contributed by atoms with E-state index in [2.05, 4.69) is 5.32 Å². The topological polar surface area (TPSA) is 49.4 Å². The highest BCUT2D eigenvalue weighted by Gasteiger charge is 2.32. The van der Waals surface area contributed by atoms with E-state index in [1.807, 2.05) is 17.0 Å². The number of nitrogens with zero attached hydrogens (tertiary/aromatic N) is 1. The average Bonchev–Trinajstić information content (AvgIpc) is 2.85. The molecule has 116 valence electrons. The number of carbonyl (C=O) groups excluding carboxylic acids is 2. The standard InChI is InChI=1S/C18H15ClN2O2/c19-14-5-1-3-12(7-14)18(23)20-15-8-11-4-2-6-21-16(22)10-13(9-15)17(11)21/h1,3,5,7-9H,2,4,6,10H2,(H,20,23). The third-order valence-electron chi connectivity index (χ3n) is 4.35. The predicted octanol–water partition coefficient (Wildman–Crippen LogP) is 3.43. The van der Waals surface area contributed by atoms with Crippen molar-refractivity contribution in [1.29, 1.82) is 0 Å². The highest BCUT2D eigenvalue weighted by atomic mass is 35.5. The first-order valence-electron chi connectivity index (χ1n) is 7.65. The monoisotopic (exact) mass is 326 g/mol. The van der Waals surface area contributed by atoms with Gasteiger partial charge < -0.3 is 10.2 Å². The zero-order valence-electron chi connectivity index (χ0n) is 12.4. The molecule has 2 aliphatic rings. The fourth-order valence-corrected chi connectivity index (χ4v) is 3.57. The van der Waals surface area contributed by atoms with Gasteiger partial charge in [0.25, 0.3) is 5.91 Å². The van der Waals surface area contributed by atoms with Crippen molar-refractivity contribution in [2.24, 2.45) is 0 Å². The first-order valence-corrected chi connectivity index (χ1v) is 8.03. The van der Waals surface area contributed by atoms with Crippen molar-refractivity contribution in [2.75, 3.05) is 16.8 Å². The van der Waals surface area contributed by atoms with Gasteiger partial charge in [0.05, 0.1) is 12.1 Å². The summed E-state index contributed by atoms with van der Waals surface area (Å²) in [6, 6.07) is 10.7. The van der Waals surface area contributed by atoms with Crippen LogP contribution in [0.1, 0.15) is 27.9 Å². The number of amides is 2. The van der Waals surface area contributed by atoms with E-state index in [1.165, 1.54) is 0 Å². The number of hydrogen-bond donors (Lipinski definition) is 1. The van der Waals surface area contributed by atoms with Crippen LogP contribution < -0.4 is 10.2 Å². The number of rotatable bonds is 2. The Morgan fingerprint density at radius 3 is 2.83 bits per heavy atom. The van der Waals surface area contributed by atoms with E-state index in [1.54, 1.807) is 24.3 Å². The van der Waals surface area contributed by atoms with Crippen molar-refractivity contribution in [2.45, 2.75) is 19.3 Å². The molecule has 2 aliphatic heterocycles. The summed E-state index contributed by atoms with van der Waals surface area (Å²) in [5.41, 5.74) is 4.46. The van der Waals surface area contributed by atoms with Gasteiger partial charge in [-0.15, -0.1) is 0 Å². The Balaban J connectivity index is 1.65. The molecule has 1 N–H and O–H groups in total. The lowest BCUT2D eigenvalue weighted by atomic mass is 9.99. The fourth-order valence-electron chi connectivity index (χ4n) is 3.38. The number of benzene rings is 2. The molecule has 4 rings (SSSR count). The molecule has 0 bridgehead atoms. The van der Waals surface area contributed by atoms with Crippen LogP contribution in [-0.2, 0) is 17.6 Å². The summed E-state index contributed by atoms with van der Waals surface area (Å²) in [6.07, 6.45) is 2.32. The summed E-state index contributed by atoms with van der Waals surface area (Å²) < 4.78 is 0. The second-order valence-electron chi connectivity index (χ2n) is 5.93. The number of hydrogen-bond acceptors (Lipinski definition) is 2. The molecule has 2 aromatic rings. The van der Waals surface area contributed by atoms with E-state index in [0.717, 1.165) is 41.9 Å². The Labute approximate surface area is 139 Å². The van der Waals surface area contributed by atoms with Crippen LogP contribution in [0.25, 0.3) is 0 Å². The number of aryl methyl sites for hydroxylation is 1. The number of halogens is 1. The minimum atomic E-state index is -0.198. The highest BCUT2D eigenvalue weighted by Crippen LogP contribution is 2.38. The predicted molar refractivity (Wildman–Crippen MR) is 90.2 cm³/mol. The molecule has 0 unspecified atom stereocenters. The maximum Gasteiger partial charge on any atom is 0.255 e.